The number of nitrogens with zero attached hydrogens (tertiary/aromatic N) is 1. The van der Waals surface area contributed by atoms with E-state index in [1.165, 1.54) is 0 Å². The van der Waals surface area contributed by atoms with Crippen LogP contribution in [0.3, 0.4) is 0 Å². The van der Waals surface area contributed by atoms with Gasteiger partial charge in [-0.1, -0.05) is 15.9 Å². The number of amides is 1. The van der Waals surface area contributed by atoms with Crippen molar-refractivity contribution in [3.8, 4) is 0 Å². The van der Waals surface area contributed by atoms with E-state index in [9.17, 15) is 4.79 Å². The second-order valence-electron chi connectivity index (χ2n) is 4.70. The van der Waals surface area contributed by atoms with Gasteiger partial charge in [-0.15, -0.1) is 0 Å². The lowest BCUT2D eigenvalue weighted by molar-refractivity contribution is 0.0991. The minimum absolute atomic E-state index is 0.0864. The van der Waals surface area contributed by atoms with E-state index in [2.05, 4.69) is 31.9 Å². The average Bonchev–Trinajstić information content (AvgIpc) is 2.62. The highest BCUT2D eigenvalue weighted by atomic mass is 79.9. The highest BCUT2D eigenvalue weighted by Gasteiger charge is 2.24. The lowest BCUT2D eigenvalue weighted by Gasteiger charge is -2.19. The number of hydrogen-bond donors (Lipinski definition) is 0. The van der Waals surface area contributed by atoms with Crippen LogP contribution in [0.25, 0.3) is 0 Å². The Morgan fingerprint density at radius 2 is 1.80 bits per heavy atom. The Kier molecular flexibility index (Phi) is 4.39. The fourth-order valence-corrected chi connectivity index (χ4v) is 3.18. The molecule has 1 amide bonds. The van der Waals surface area contributed by atoms with Crippen LogP contribution in [0.1, 0.15) is 27.4 Å². The molecule has 106 valence electrons. The summed E-state index contributed by atoms with van der Waals surface area (Å²) in [5.74, 6) is 1.25. The van der Waals surface area contributed by atoms with Crippen LogP contribution in [0.4, 0.5) is 5.69 Å². The van der Waals surface area contributed by atoms with E-state index in [1.54, 1.807) is 18.9 Å². The van der Waals surface area contributed by atoms with E-state index < -0.39 is 0 Å². The molecule has 0 saturated carbocycles. The molecule has 1 heterocycles. The van der Waals surface area contributed by atoms with Crippen LogP contribution in [-0.4, -0.2) is 13.0 Å². The maximum absolute atomic E-state index is 12.7. The van der Waals surface area contributed by atoms with Gasteiger partial charge in [0.05, 0.1) is 10.0 Å². The highest BCUT2D eigenvalue weighted by Crippen LogP contribution is 2.31. The Labute approximate surface area is 135 Å². The number of furan rings is 1. The summed E-state index contributed by atoms with van der Waals surface area (Å²) in [5.41, 5.74) is 2.49. The first-order valence-corrected chi connectivity index (χ1v) is 7.71. The summed E-state index contributed by atoms with van der Waals surface area (Å²) < 4.78 is 7.22. The molecule has 0 saturated heterocycles. The number of halogens is 2. The van der Waals surface area contributed by atoms with Crippen LogP contribution in [0.5, 0.6) is 0 Å². The van der Waals surface area contributed by atoms with E-state index in [-0.39, 0.29) is 5.91 Å². The predicted octanol–water partition coefficient (Wildman–Crippen LogP) is 5.01. The SMILES string of the molecule is Cc1cc(Br)ccc1N(C)C(=O)c1c(C)oc(C)c1Br. The summed E-state index contributed by atoms with van der Waals surface area (Å²) in [6.45, 7) is 5.61. The molecule has 0 bridgehead atoms. The molecule has 0 aliphatic carbocycles. The molecule has 0 radical (unpaired) electrons. The summed E-state index contributed by atoms with van der Waals surface area (Å²) in [4.78, 5) is 14.3. The van der Waals surface area contributed by atoms with Crippen molar-refractivity contribution in [1.29, 1.82) is 0 Å². The summed E-state index contributed by atoms with van der Waals surface area (Å²) >= 11 is 6.85. The van der Waals surface area contributed by atoms with E-state index in [0.717, 1.165) is 20.2 Å². The number of carbonyl (C=O) groups is 1. The highest BCUT2D eigenvalue weighted by molar-refractivity contribution is 9.10. The van der Waals surface area contributed by atoms with Crippen molar-refractivity contribution in [2.75, 3.05) is 11.9 Å². The van der Waals surface area contributed by atoms with Crippen molar-refractivity contribution in [3.05, 3.63) is 49.8 Å². The smallest absolute Gasteiger partial charge is 0.262 e. The molecule has 0 aliphatic heterocycles. The Balaban J connectivity index is 2.42. The first kappa shape index (κ1) is 15.3. The van der Waals surface area contributed by atoms with E-state index >= 15 is 0 Å². The van der Waals surface area contributed by atoms with E-state index in [1.807, 2.05) is 32.0 Å². The second kappa shape index (κ2) is 5.74. The van der Waals surface area contributed by atoms with Crippen LogP contribution >= 0.6 is 31.9 Å². The zero-order valence-corrected chi connectivity index (χ0v) is 14.9. The molecule has 1 aromatic heterocycles. The Hall–Kier alpha value is -1.07. The number of rotatable bonds is 2. The lowest BCUT2D eigenvalue weighted by Crippen LogP contribution is -2.27. The van der Waals surface area contributed by atoms with Crippen LogP contribution in [-0.2, 0) is 0 Å². The van der Waals surface area contributed by atoms with Crippen molar-refractivity contribution in [3.63, 3.8) is 0 Å². The lowest BCUT2D eigenvalue weighted by atomic mass is 10.1. The minimum Gasteiger partial charge on any atom is -0.465 e. The molecule has 20 heavy (non-hydrogen) atoms. The molecule has 0 unspecified atom stereocenters. The Bertz CT molecular complexity index is 677. The van der Waals surface area contributed by atoms with Gasteiger partial charge >= 0.3 is 0 Å². The zero-order chi connectivity index (χ0) is 15.0. The number of benzene rings is 1. The molecule has 0 spiro atoms. The number of carbonyl (C=O) groups excluding carboxylic acids is 1. The van der Waals surface area contributed by atoms with Gasteiger partial charge in [0, 0.05) is 17.2 Å². The second-order valence-corrected chi connectivity index (χ2v) is 6.41. The first-order valence-electron chi connectivity index (χ1n) is 6.12. The predicted molar refractivity (Wildman–Crippen MR) is 87.5 cm³/mol. The van der Waals surface area contributed by atoms with Crippen LogP contribution < -0.4 is 4.90 Å². The number of aryl methyl sites for hydroxylation is 3. The summed E-state index contributed by atoms with van der Waals surface area (Å²) in [6.07, 6.45) is 0. The van der Waals surface area contributed by atoms with E-state index in [4.69, 9.17) is 4.42 Å². The number of hydrogen-bond acceptors (Lipinski definition) is 2. The third-order valence-electron chi connectivity index (χ3n) is 3.23. The molecule has 0 N–H and O–H groups in total. The van der Waals surface area contributed by atoms with Gasteiger partial charge in [0.2, 0.25) is 0 Å². The fraction of sp³-hybridized carbons (Fsp3) is 0.267. The van der Waals surface area contributed by atoms with Crippen molar-refractivity contribution in [1.82, 2.24) is 0 Å². The maximum Gasteiger partial charge on any atom is 0.262 e. The van der Waals surface area contributed by atoms with Crippen molar-refractivity contribution in [2.45, 2.75) is 20.8 Å². The molecular weight excluding hydrogens is 386 g/mol. The molecule has 5 heteroatoms. The molecule has 2 rings (SSSR count). The van der Waals surface area contributed by atoms with Gasteiger partial charge in [0.1, 0.15) is 11.5 Å². The standard InChI is InChI=1S/C15H15Br2NO2/c1-8-7-11(16)5-6-12(8)18(4)15(19)13-9(2)20-10(3)14(13)17/h5-7H,1-4H3. The number of anilines is 1. The van der Waals surface area contributed by atoms with Gasteiger partial charge in [-0.2, -0.15) is 0 Å². The quantitative estimate of drug-likeness (QED) is 0.710. The Morgan fingerprint density at radius 1 is 1.15 bits per heavy atom. The van der Waals surface area contributed by atoms with Crippen LogP contribution in [0, 0.1) is 20.8 Å². The normalized spacial score (nSPS) is 10.7. The van der Waals surface area contributed by atoms with Crippen LogP contribution in [0.15, 0.2) is 31.6 Å². The largest absolute Gasteiger partial charge is 0.465 e. The van der Waals surface area contributed by atoms with E-state index in [0.29, 0.717) is 17.1 Å². The van der Waals surface area contributed by atoms with Gasteiger partial charge in [-0.05, 0) is 60.5 Å². The molecule has 0 aliphatic rings. The fourth-order valence-electron chi connectivity index (χ4n) is 2.17. The zero-order valence-electron chi connectivity index (χ0n) is 11.8. The van der Waals surface area contributed by atoms with Crippen molar-refractivity contribution in [2.24, 2.45) is 0 Å². The molecule has 0 atom stereocenters. The average molecular weight is 401 g/mol. The van der Waals surface area contributed by atoms with Gasteiger partial charge < -0.3 is 9.32 Å². The maximum atomic E-state index is 12.7. The van der Waals surface area contributed by atoms with Crippen molar-refractivity contribution >= 4 is 43.5 Å². The molecule has 1 aromatic carbocycles. The summed E-state index contributed by atoms with van der Waals surface area (Å²) in [7, 11) is 1.77. The molecular formula is C15H15Br2NO2. The van der Waals surface area contributed by atoms with Gasteiger partial charge in [0.25, 0.3) is 5.91 Å². The summed E-state index contributed by atoms with van der Waals surface area (Å²) in [6, 6.07) is 5.84. The first-order chi connectivity index (χ1) is 9.32. The monoisotopic (exact) mass is 399 g/mol. The van der Waals surface area contributed by atoms with Gasteiger partial charge in [-0.25, -0.2) is 0 Å². The third-order valence-corrected chi connectivity index (χ3v) is 4.67. The molecule has 0 fully saturated rings. The van der Waals surface area contributed by atoms with Crippen LogP contribution in [0.2, 0.25) is 0 Å². The topological polar surface area (TPSA) is 33.5 Å². The molecule has 2 aromatic rings. The third kappa shape index (κ3) is 2.69. The van der Waals surface area contributed by atoms with Gasteiger partial charge in [0.15, 0.2) is 0 Å². The van der Waals surface area contributed by atoms with Gasteiger partial charge in [-0.3, -0.25) is 4.79 Å². The van der Waals surface area contributed by atoms with Crippen molar-refractivity contribution < 1.29 is 9.21 Å². The molecule has 3 nitrogen and oxygen atoms in total. The Morgan fingerprint density at radius 3 is 2.30 bits per heavy atom. The minimum atomic E-state index is -0.0864. The summed E-state index contributed by atoms with van der Waals surface area (Å²) in [5, 5.41) is 0.